The molecule has 0 atom stereocenters. The Bertz CT molecular complexity index is 927. The Kier molecular flexibility index (Phi) is 8.10. The van der Waals surface area contributed by atoms with Gasteiger partial charge in [0.1, 0.15) is 11.9 Å². The second-order valence-corrected chi connectivity index (χ2v) is 8.18. The second-order valence-electron chi connectivity index (χ2n) is 8.18. The summed E-state index contributed by atoms with van der Waals surface area (Å²) in [5, 5.41) is 9.87. The van der Waals surface area contributed by atoms with Crippen molar-refractivity contribution >= 4 is 6.08 Å². The van der Waals surface area contributed by atoms with Crippen LogP contribution in [-0.4, -0.2) is 60.8 Å². The molecular formula is C28H32N2O2. The fraction of sp³-hybridized carbons (Fsp3) is 0.286. The van der Waals surface area contributed by atoms with E-state index in [1.165, 1.54) is 11.1 Å². The lowest BCUT2D eigenvalue weighted by Crippen LogP contribution is -2.47. The van der Waals surface area contributed by atoms with E-state index >= 15 is 0 Å². The van der Waals surface area contributed by atoms with Crippen molar-refractivity contribution in [3.63, 3.8) is 0 Å². The van der Waals surface area contributed by atoms with Crippen molar-refractivity contribution in [3.05, 3.63) is 108 Å². The molecule has 1 aliphatic rings. The van der Waals surface area contributed by atoms with Crippen molar-refractivity contribution in [2.75, 3.05) is 45.9 Å². The number of piperazine rings is 1. The van der Waals surface area contributed by atoms with E-state index in [-0.39, 0.29) is 6.10 Å². The van der Waals surface area contributed by atoms with Crippen molar-refractivity contribution in [2.45, 2.75) is 6.10 Å². The molecule has 3 aromatic carbocycles. The van der Waals surface area contributed by atoms with Crippen LogP contribution in [0.2, 0.25) is 0 Å². The molecule has 0 aromatic heterocycles. The van der Waals surface area contributed by atoms with E-state index in [9.17, 15) is 5.11 Å². The largest absolute Gasteiger partial charge is 0.507 e. The molecular weight excluding hydrogens is 396 g/mol. The molecule has 1 heterocycles. The molecule has 1 N–H and O–H groups in total. The van der Waals surface area contributed by atoms with Gasteiger partial charge in [0.2, 0.25) is 0 Å². The summed E-state index contributed by atoms with van der Waals surface area (Å²) in [6, 6.07) is 28.4. The van der Waals surface area contributed by atoms with Crippen molar-refractivity contribution in [1.29, 1.82) is 0 Å². The van der Waals surface area contributed by atoms with Gasteiger partial charge in [-0.1, -0.05) is 91.0 Å². The average Bonchev–Trinajstić information content (AvgIpc) is 2.85. The van der Waals surface area contributed by atoms with Crippen molar-refractivity contribution < 1.29 is 9.84 Å². The molecule has 0 radical (unpaired) electrons. The van der Waals surface area contributed by atoms with E-state index in [2.05, 4.69) is 64.4 Å². The molecule has 166 valence electrons. The van der Waals surface area contributed by atoms with Gasteiger partial charge in [-0.25, -0.2) is 0 Å². The normalized spacial score (nSPS) is 15.5. The summed E-state index contributed by atoms with van der Waals surface area (Å²) in [4.78, 5) is 4.93. The smallest absolute Gasteiger partial charge is 0.122 e. The van der Waals surface area contributed by atoms with E-state index in [1.807, 2.05) is 36.4 Å². The molecule has 4 heteroatoms. The maximum atomic E-state index is 9.87. The molecule has 0 unspecified atom stereocenters. The first-order valence-electron chi connectivity index (χ1n) is 11.4. The van der Waals surface area contributed by atoms with Crippen molar-refractivity contribution in [3.8, 4) is 5.75 Å². The fourth-order valence-corrected chi connectivity index (χ4v) is 4.09. The lowest BCUT2D eigenvalue weighted by atomic mass is 10.0. The molecule has 1 saturated heterocycles. The first-order chi connectivity index (χ1) is 15.8. The fourth-order valence-electron chi connectivity index (χ4n) is 4.09. The number of para-hydroxylation sites is 1. The minimum Gasteiger partial charge on any atom is -0.507 e. The van der Waals surface area contributed by atoms with Crippen LogP contribution in [0, 0.1) is 0 Å². The third-order valence-corrected chi connectivity index (χ3v) is 5.96. The zero-order chi connectivity index (χ0) is 22.0. The predicted octanol–water partition coefficient (Wildman–Crippen LogP) is 4.83. The Morgan fingerprint density at radius 1 is 0.750 bits per heavy atom. The molecule has 3 aromatic rings. The van der Waals surface area contributed by atoms with Gasteiger partial charge in [0.05, 0.1) is 6.61 Å². The van der Waals surface area contributed by atoms with Gasteiger partial charge in [-0.2, -0.15) is 0 Å². The van der Waals surface area contributed by atoms with Crippen LogP contribution in [0.25, 0.3) is 6.08 Å². The van der Waals surface area contributed by atoms with E-state index in [1.54, 1.807) is 6.07 Å². The van der Waals surface area contributed by atoms with E-state index in [0.29, 0.717) is 12.4 Å². The Labute approximate surface area is 191 Å². The van der Waals surface area contributed by atoms with Gasteiger partial charge in [-0.05, 0) is 17.2 Å². The molecule has 0 saturated carbocycles. The molecule has 1 aliphatic heterocycles. The Morgan fingerprint density at radius 2 is 1.31 bits per heavy atom. The van der Waals surface area contributed by atoms with Crippen LogP contribution in [0.5, 0.6) is 5.75 Å². The predicted molar refractivity (Wildman–Crippen MR) is 131 cm³/mol. The summed E-state index contributed by atoms with van der Waals surface area (Å²) in [6.07, 6.45) is 4.11. The SMILES string of the molecule is Oc1ccccc1/C=C/CN1CCN(CCOC(c2ccccc2)c2ccccc2)CC1. The zero-order valence-electron chi connectivity index (χ0n) is 18.5. The number of aromatic hydroxyl groups is 1. The van der Waals surface area contributed by atoms with Crippen molar-refractivity contribution in [1.82, 2.24) is 9.80 Å². The molecule has 0 amide bonds. The Morgan fingerprint density at radius 3 is 1.94 bits per heavy atom. The topological polar surface area (TPSA) is 35.9 Å². The van der Waals surface area contributed by atoms with Gasteiger partial charge < -0.3 is 9.84 Å². The molecule has 32 heavy (non-hydrogen) atoms. The lowest BCUT2D eigenvalue weighted by molar-refractivity contribution is 0.0468. The van der Waals surface area contributed by atoms with Gasteiger partial charge in [0.25, 0.3) is 0 Å². The highest BCUT2D eigenvalue weighted by atomic mass is 16.5. The summed E-state index contributed by atoms with van der Waals surface area (Å²) >= 11 is 0. The van der Waals surface area contributed by atoms with Crippen LogP contribution in [-0.2, 0) is 4.74 Å². The van der Waals surface area contributed by atoms with Crippen LogP contribution in [0.15, 0.2) is 91.0 Å². The molecule has 1 fully saturated rings. The maximum Gasteiger partial charge on any atom is 0.122 e. The third-order valence-electron chi connectivity index (χ3n) is 5.96. The minimum atomic E-state index is -0.0294. The average molecular weight is 429 g/mol. The van der Waals surface area contributed by atoms with Gasteiger partial charge >= 0.3 is 0 Å². The number of phenols is 1. The summed E-state index contributed by atoms with van der Waals surface area (Å²) in [5.41, 5.74) is 3.26. The number of hydrogen-bond donors (Lipinski definition) is 1. The highest BCUT2D eigenvalue weighted by Gasteiger charge is 2.18. The first kappa shape index (κ1) is 22.3. The van der Waals surface area contributed by atoms with Gasteiger partial charge in [0.15, 0.2) is 0 Å². The number of rotatable bonds is 9. The Hall–Kier alpha value is -2.92. The van der Waals surface area contributed by atoms with E-state index in [4.69, 9.17) is 4.74 Å². The van der Waals surface area contributed by atoms with Gasteiger partial charge in [0, 0.05) is 44.8 Å². The summed E-state index contributed by atoms with van der Waals surface area (Å²) < 4.78 is 6.38. The monoisotopic (exact) mass is 428 g/mol. The number of hydrogen-bond acceptors (Lipinski definition) is 4. The van der Waals surface area contributed by atoms with Crippen LogP contribution in [0.4, 0.5) is 0 Å². The van der Waals surface area contributed by atoms with E-state index < -0.39 is 0 Å². The number of phenolic OH excluding ortho intramolecular Hbond substituents is 1. The number of nitrogens with zero attached hydrogens (tertiary/aromatic N) is 2. The first-order valence-corrected chi connectivity index (χ1v) is 11.4. The van der Waals surface area contributed by atoms with E-state index in [0.717, 1.165) is 44.8 Å². The Balaban J connectivity index is 1.22. The third kappa shape index (κ3) is 6.30. The molecule has 0 spiro atoms. The second kappa shape index (κ2) is 11.6. The van der Waals surface area contributed by atoms with Crippen molar-refractivity contribution in [2.24, 2.45) is 0 Å². The quantitative estimate of drug-likeness (QED) is 0.530. The molecule has 4 rings (SSSR count). The molecule has 0 bridgehead atoms. The van der Waals surface area contributed by atoms with Gasteiger partial charge in [-0.15, -0.1) is 0 Å². The van der Waals surface area contributed by atoms with Crippen LogP contribution in [0.1, 0.15) is 22.8 Å². The summed E-state index contributed by atoms with van der Waals surface area (Å²) in [6.45, 7) is 6.75. The maximum absolute atomic E-state index is 9.87. The highest BCUT2D eigenvalue weighted by molar-refractivity contribution is 5.56. The van der Waals surface area contributed by atoms with Gasteiger partial charge in [-0.3, -0.25) is 9.80 Å². The molecule has 4 nitrogen and oxygen atoms in total. The highest BCUT2D eigenvalue weighted by Crippen LogP contribution is 2.25. The molecule has 0 aliphatic carbocycles. The lowest BCUT2D eigenvalue weighted by Gasteiger charge is -2.34. The standard InChI is InChI=1S/C28H32N2O2/c31-27-16-8-7-10-24(27)15-9-17-29-18-20-30(21-19-29)22-23-32-28(25-11-3-1-4-12-25)26-13-5-2-6-14-26/h1-16,28,31H,17-23H2/b15-9+. The van der Waals surface area contributed by atoms with Crippen LogP contribution in [0.3, 0.4) is 0 Å². The van der Waals surface area contributed by atoms with Crippen LogP contribution >= 0.6 is 0 Å². The zero-order valence-corrected chi connectivity index (χ0v) is 18.5. The summed E-state index contributed by atoms with van der Waals surface area (Å²) in [5.74, 6) is 0.331. The van der Waals surface area contributed by atoms with Crippen LogP contribution < -0.4 is 0 Å². The minimum absolute atomic E-state index is 0.0294. The number of ether oxygens (including phenoxy) is 1. The summed E-state index contributed by atoms with van der Waals surface area (Å²) in [7, 11) is 0. The number of benzene rings is 3.